The minimum atomic E-state index is -0.786. The van der Waals surface area contributed by atoms with Crippen molar-refractivity contribution in [3.63, 3.8) is 0 Å². The maximum Gasteiger partial charge on any atom is 0.327 e. The molecule has 0 radical (unpaired) electrons. The molecule has 3 N–H and O–H groups in total. The van der Waals surface area contributed by atoms with Crippen molar-refractivity contribution < 1.29 is 9.90 Å². The van der Waals surface area contributed by atoms with Gasteiger partial charge in [-0.25, -0.2) is 4.79 Å². The van der Waals surface area contributed by atoms with Crippen molar-refractivity contribution in [2.45, 2.75) is 110 Å². The van der Waals surface area contributed by atoms with Crippen LogP contribution in [0, 0.1) is 6.92 Å². The van der Waals surface area contributed by atoms with Crippen molar-refractivity contribution in [2.24, 2.45) is 0 Å². The summed E-state index contributed by atoms with van der Waals surface area (Å²) >= 11 is 1.74. The van der Waals surface area contributed by atoms with Gasteiger partial charge in [0, 0.05) is 11.4 Å². The predicted molar refractivity (Wildman–Crippen MR) is 128 cm³/mol. The van der Waals surface area contributed by atoms with E-state index in [2.05, 4.69) is 17.2 Å². The average Bonchev–Trinajstić information content (AvgIpc) is 3.11. The van der Waals surface area contributed by atoms with E-state index in [1.54, 1.807) is 11.8 Å². The zero-order valence-corrected chi connectivity index (χ0v) is 19.6. The van der Waals surface area contributed by atoms with Crippen LogP contribution >= 0.6 is 11.8 Å². The molecule has 0 fully saturated rings. The van der Waals surface area contributed by atoms with Crippen molar-refractivity contribution in [1.82, 2.24) is 4.98 Å². The Bertz CT molecular complexity index is 519. The van der Waals surface area contributed by atoms with E-state index in [0.717, 1.165) is 17.3 Å². The second kappa shape index (κ2) is 17.7. The van der Waals surface area contributed by atoms with Crippen LogP contribution in [-0.2, 0) is 4.79 Å². The molecule has 0 bridgehead atoms. The smallest absolute Gasteiger partial charge is 0.327 e. The SMILES string of the molecule is CCCCCCCCCCCCCCCCSCC(Nc1ccc(C)[nH]1)C(=O)O. The topological polar surface area (TPSA) is 65.1 Å². The normalized spacial score (nSPS) is 12.2. The molecule has 0 spiro atoms. The summed E-state index contributed by atoms with van der Waals surface area (Å²) < 4.78 is 0. The van der Waals surface area contributed by atoms with E-state index < -0.39 is 12.0 Å². The second-order valence-corrected chi connectivity index (χ2v) is 9.41. The number of anilines is 1. The highest BCUT2D eigenvalue weighted by Gasteiger charge is 2.17. The Morgan fingerprint density at radius 3 is 1.90 bits per heavy atom. The van der Waals surface area contributed by atoms with E-state index >= 15 is 0 Å². The summed E-state index contributed by atoms with van der Waals surface area (Å²) in [6.07, 6.45) is 19.2. The van der Waals surface area contributed by atoms with Crippen molar-refractivity contribution in [2.75, 3.05) is 16.8 Å². The van der Waals surface area contributed by atoms with Gasteiger partial charge in [0.05, 0.1) is 0 Å². The van der Waals surface area contributed by atoms with Crippen LogP contribution < -0.4 is 5.32 Å². The van der Waals surface area contributed by atoms with Crippen LogP contribution in [0.3, 0.4) is 0 Å². The minimum absolute atomic E-state index is 0.537. The Hall–Kier alpha value is -1.10. The first-order valence-corrected chi connectivity index (χ1v) is 13.0. The first kappa shape index (κ1) is 25.9. The van der Waals surface area contributed by atoms with Crippen LogP contribution in [0.25, 0.3) is 0 Å². The third-order valence-corrected chi connectivity index (χ3v) is 6.53. The molecule has 1 heterocycles. The van der Waals surface area contributed by atoms with Gasteiger partial charge in [0.25, 0.3) is 0 Å². The molecule has 0 aliphatic carbocycles. The molecule has 0 aliphatic rings. The number of aliphatic carboxylic acids is 1. The molecule has 0 aromatic carbocycles. The Labute approximate surface area is 183 Å². The van der Waals surface area contributed by atoms with Gasteiger partial charge >= 0.3 is 5.97 Å². The molecule has 0 saturated heterocycles. The third kappa shape index (κ3) is 14.5. The molecule has 168 valence electrons. The molecule has 1 rings (SSSR count). The molecular formula is C24H44N2O2S. The average molecular weight is 425 g/mol. The van der Waals surface area contributed by atoms with Gasteiger partial charge in [-0.05, 0) is 31.2 Å². The van der Waals surface area contributed by atoms with Crippen LogP contribution in [0.5, 0.6) is 0 Å². The van der Waals surface area contributed by atoms with Gasteiger partial charge in [-0.2, -0.15) is 11.8 Å². The number of H-pyrrole nitrogens is 1. The fraction of sp³-hybridized carbons (Fsp3) is 0.792. The number of aryl methyl sites for hydroxylation is 1. The number of unbranched alkanes of at least 4 members (excludes halogenated alkanes) is 13. The summed E-state index contributed by atoms with van der Waals surface area (Å²) in [5.74, 6) is 1.65. The van der Waals surface area contributed by atoms with Gasteiger partial charge in [-0.15, -0.1) is 0 Å². The van der Waals surface area contributed by atoms with Gasteiger partial charge < -0.3 is 15.4 Å². The maximum atomic E-state index is 11.4. The van der Waals surface area contributed by atoms with Gasteiger partial charge in [0.1, 0.15) is 11.9 Å². The van der Waals surface area contributed by atoms with E-state index in [0.29, 0.717) is 5.75 Å². The fourth-order valence-electron chi connectivity index (χ4n) is 3.55. The quantitative estimate of drug-likeness (QED) is 0.191. The zero-order chi connectivity index (χ0) is 21.2. The van der Waals surface area contributed by atoms with Gasteiger partial charge in [0.2, 0.25) is 0 Å². The van der Waals surface area contributed by atoms with E-state index in [4.69, 9.17) is 0 Å². The maximum absolute atomic E-state index is 11.4. The summed E-state index contributed by atoms with van der Waals surface area (Å²) in [5.41, 5.74) is 1.03. The summed E-state index contributed by atoms with van der Waals surface area (Å²) in [6.45, 7) is 4.24. The molecule has 4 nitrogen and oxygen atoms in total. The predicted octanol–water partition coefficient (Wildman–Crippen LogP) is 7.40. The van der Waals surface area contributed by atoms with Crippen LogP contribution in [0.15, 0.2) is 12.1 Å². The first-order valence-electron chi connectivity index (χ1n) is 11.9. The molecule has 1 unspecified atom stereocenters. The molecule has 0 saturated carbocycles. The number of carboxylic acid groups (broad SMARTS) is 1. The number of rotatable bonds is 20. The number of hydrogen-bond acceptors (Lipinski definition) is 3. The monoisotopic (exact) mass is 424 g/mol. The van der Waals surface area contributed by atoms with Crippen molar-refractivity contribution in [3.05, 3.63) is 17.8 Å². The number of hydrogen-bond donors (Lipinski definition) is 3. The lowest BCUT2D eigenvalue weighted by atomic mass is 10.0. The van der Waals surface area contributed by atoms with Crippen molar-refractivity contribution in [3.8, 4) is 0 Å². The largest absolute Gasteiger partial charge is 0.480 e. The Balaban J connectivity index is 1.88. The summed E-state index contributed by atoms with van der Waals surface area (Å²) in [6, 6.07) is 3.30. The molecule has 1 atom stereocenters. The van der Waals surface area contributed by atoms with Crippen molar-refractivity contribution >= 4 is 23.5 Å². The van der Waals surface area contributed by atoms with E-state index in [1.165, 1.54) is 89.9 Å². The zero-order valence-electron chi connectivity index (χ0n) is 18.8. The van der Waals surface area contributed by atoms with Crippen LogP contribution in [-0.4, -0.2) is 33.6 Å². The lowest BCUT2D eigenvalue weighted by molar-refractivity contribution is -0.137. The Kier molecular flexibility index (Phi) is 15.9. The van der Waals surface area contributed by atoms with Crippen molar-refractivity contribution in [1.29, 1.82) is 0 Å². The summed E-state index contributed by atoms with van der Waals surface area (Å²) in [5, 5.41) is 12.5. The molecule has 29 heavy (non-hydrogen) atoms. The highest BCUT2D eigenvalue weighted by molar-refractivity contribution is 7.99. The van der Waals surface area contributed by atoms with Gasteiger partial charge in [-0.1, -0.05) is 90.4 Å². The highest BCUT2D eigenvalue weighted by Crippen LogP contribution is 2.15. The lowest BCUT2D eigenvalue weighted by Crippen LogP contribution is -2.32. The van der Waals surface area contributed by atoms with Crippen LogP contribution in [0.2, 0.25) is 0 Å². The van der Waals surface area contributed by atoms with E-state index in [1.807, 2.05) is 19.1 Å². The number of aromatic amines is 1. The Morgan fingerprint density at radius 1 is 0.931 bits per heavy atom. The molecule has 5 heteroatoms. The molecule has 0 aliphatic heterocycles. The number of nitrogens with one attached hydrogen (secondary N) is 2. The van der Waals surface area contributed by atoms with E-state index in [-0.39, 0.29) is 0 Å². The number of carboxylic acids is 1. The molecule has 1 aromatic heterocycles. The number of thioether (sulfide) groups is 1. The number of carbonyl (C=O) groups is 1. The second-order valence-electron chi connectivity index (χ2n) is 8.26. The summed E-state index contributed by atoms with van der Waals surface area (Å²) in [7, 11) is 0. The lowest BCUT2D eigenvalue weighted by Gasteiger charge is -2.14. The molecule has 1 aromatic rings. The Morgan fingerprint density at radius 2 is 1.45 bits per heavy atom. The van der Waals surface area contributed by atoms with Gasteiger partial charge in [-0.3, -0.25) is 0 Å². The molecular weight excluding hydrogens is 380 g/mol. The standard InChI is InChI=1S/C24H44N2O2S/c1-3-4-5-6-7-8-9-10-11-12-13-14-15-16-19-29-20-22(24(27)28)26-23-18-17-21(2)25-23/h17-18,22,25-26H,3-16,19-20H2,1-2H3,(H,27,28). The van der Waals surface area contributed by atoms with Gasteiger partial charge in [0.15, 0.2) is 0 Å². The summed E-state index contributed by atoms with van der Waals surface area (Å²) in [4.78, 5) is 14.5. The molecule has 0 amide bonds. The highest BCUT2D eigenvalue weighted by atomic mass is 32.2. The fourth-order valence-corrected chi connectivity index (χ4v) is 4.59. The first-order chi connectivity index (χ1) is 14.1. The minimum Gasteiger partial charge on any atom is -0.480 e. The van der Waals surface area contributed by atoms with Crippen LogP contribution in [0.4, 0.5) is 5.82 Å². The third-order valence-electron chi connectivity index (χ3n) is 5.39. The van der Waals surface area contributed by atoms with E-state index in [9.17, 15) is 9.90 Å². The number of aromatic nitrogens is 1. The van der Waals surface area contributed by atoms with Crippen LogP contribution in [0.1, 0.15) is 103 Å².